The number of hydrogen-bond acceptors (Lipinski definition) is 5. The van der Waals surface area contributed by atoms with Gasteiger partial charge in [0.05, 0.1) is 11.4 Å². The summed E-state index contributed by atoms with van der Waals surface area (Å²) in [6.07, 6.45) is 1.25. The average Bonchev–Trinajstić information content (AvgIpc) is 2.31. The Kier molecular flexibility index (Phi) is 6.18. The molecule has 0 aromatic rings. The monoisotopic (exact) mass is 225 g/mol. The lowest BCUT2D eigenvalue weighted by Gasteiger charge is -2.16. The third-order valence-corrected chi connectivity index (χ3v) is 1.82. The molecule has 0 aliphatic rings. The molecule has 0 aromatic heterocycles. The van der Waals surface area contributed by atoms with E-state index in [-0.39, 0.29) is 23.9 Å². The Bertz CT molecular complexity index is 313. The second-order valence-corrected chi connectivity index (χ2v) is 2.87. The zero-order valence-electron chi connectivity index (χ0n) is 8.96. The molecule has 0 spiro atoms. The van der Waals surface area contributed by atoms with Gasteiger partial charge in [0.2, 0.25) is 12.3 Å². The highest BCUT2D eigenvalue weighted by Crippen LogP contribution is 1.87. The second-order valence-electron chi connectivity index (χ2n) is 2.87. The van der Waals surface area contributed by atoms with Crippen molar-refractivity contribution in [3.63, 3.8) is 0 Å². The van der Waals surface area contributed by atoms with Crippen molar-refractivity contribution in [2.45, 2.75) is 6.04 Å². The summed E-state index contributed by atoms with van der Waals surface area (Å²) in [7, 11) is 1.45. The minimum atomic E-state index is -0.738. The number of carbonyl (C=O) groups is 2. The number of rotatable bonds is 8. The van der Waals surface area contributed by atoms with Gasteiger partial charge < -0.3 is 21.4 Å². The summed E-state index contributed by atoms with van der Waals surface area (Å²) in [6, 6.07) is -0.738. The van der Waals surface area contributed by atoms with Crippen molar-refractivity contribution < 1.29 is 9.59 Å². The molecule has 0 aliphatic carbocycles. The van der Waals surface area contributed by atoms with Crippen molar-refractivity contribution in [1.82, 2.24) is 16.0 Å². The van der Waals surface area contributed by atoms with Gasteiger partial charge in [0.15, 0.2) is 0 Å². The van der Waals surface area contributed by atoms with Gasteiger partial charge in [-0.05, 0) is 0 Å². The first-order valence-electron chi connectivity index (χ1n) is 4.50. The van der Waals surface area contributed by atoms with E-state index in [1.54, 1.807) is 0 Å². The Labute approximate surface area is 93.3 Å². The number of amides is 2. The van der Waals surface area contributed by atoms with E-state index in [9.17, 15) is 9.59 Å². The molecule has 0 aromatic carbocycles. The molecule has 0 saturated carbocycles. The van der Waals surface area contributed by atoms with Crippen LogP contribution in [-0.4, -0.2) is 43.9 Å². The predicted octanol–water partition coefficient (Wildman–Crippen LogP) is -1.38. The molecule has 7 heteroatoms. The number of allylic oxidation sites excluding steroid dienone is 1. The highest BCUT2D eigenvalue weighted by Gasteiger charge is 2.15. The van der Waals surface area contributed by atoms with Crippen LogP contribution in [0.4, 0.5) is 0 Å². The van der Waals surface area contributed by atoms with Crippen molar-refractivity contribution in [1.29, 1.82) is 10.8 Å². The van der Waals surface area contributed by atoms with Crippen LogP contribution >= 0.6 is 0 Å². The Morgan fingerprint density at radius 3 is 2.62 bits per heavy atom. The molecule has 0 radical (unpaired) electrons. The first-order chi connectivity index (χ1) is 7.56. The summed E-state index contributed by atoms with van der Waals surface area (Å²) < 4.78 is 0. The first kappa shape index (κ1) is 13.8. The molecule has 2 amide bonds. The Morgan fingerprint density at radius 2 is 2.19 bits per heavy atom. The Morgan fingerprint density at radius 1 is 1.56 bits per heavy atom. The van der Waals surface area contributed by atoms with Crippen molar-refractivity contribution in [2.24, 2.45) is 0 Å². The van der Waals surface area contributed by atoms with Gasteiger partial charge in [-0.15, -0.1) is 0 Å². The molecule has 88 valence electrons. The molecule has 7 nitrogen and oxygen atoms in total. The van der Waals surface area contributed by atoms with Crippen molar-refractivity contribution in [3.8, 4) is 0 Å². The zero-order valence-corrected chi connectivity index (χ0v) is 8.96. The van der Waals surface area contributed by atoms with Crippen molar-refractivity contribution in [3.05, 3.63) is 12.3 Å². The molecule has 0 heterocycles. The maximum absolute atomic E-state index is 11.3. The van der Waals surface area contributed by atoms with E-state index in [0.29, 0.717) is 6.41 Å². The van der Waals surface area contributed by atoms with E-state index < -0.39 is 6.04 Å². The largest absolute Gasteiger partial charge is 0.381 e. The summed E-state index contributed by atoms with van der Waals surface area (Å²) in [4.78, 5) is 21.5. The fourth-order valence-electron chi connectivity index (χ4n) is 0.891. The molecule has 0 fully saturated rings. The summed E-state index contributed by atoms with van der Waals surface area (Å²) in [5, 5.41) is 21.5. The number of likely N-dealkylation sites (N-methyl/N-ethyl adjacent to an activating group) is 1. The van der Waals surface area contributed by atoms with Crippen LogP contribution in [-0.2, 0) is 9.59 Å². The number of nitrogens with one attached hydrogen (secondary N) is 5. The molecule has 0 aliphatic heterocycles. The normalized spacial score (nSPS) is 10.8. The molecule has 5 N–H and O–H groups in total. The van der Waals surface area contributed by atoms with Crippen LogP contribution in [0.3, 0.4) is 0 Å². The standard InChI is InChI=1S/C9H15N5O2/c1-6(7(11)3-10)13-4-8(14-5-15)9(16)12-2/h3,5,8,10-11,13H,1,4H2,2H3,(H,12,16)(H,14,15). The van der Waals surface area contributed by atoms with Gasteiger partial charge in [0.1, 0.15) is 6.04 Å². The lowest BCUT2D eigenvalue weighted by Crippen LogP contribution is -2.48. The van der Waals surface area contributed by atoms with Gasteiger partial charge in [-0.2, -0.15) is 0 Å². The third-order valence-electron chi connectivity index (χ3n) is 1.82. The summed E-state index contributed by atoms with van der Waals surface area (Å²) in [6.45, 7) is 3.61. The Balaban J connectivity index is 4.26. The summed E-state index contributed by atoms with van der Waals surface area (Å²) >= 11 is 0. The zero-order chi connectivity index (χ0) is 12.6. The molecule has 1 unspecified atom stereocenters. The highest BCUT2D eigenvalue weighted by molar-refractivity contribution is 6.35. The van der Waals surface area contributed by atoms with E-state index in [0.717, 1.165) is 6.21 Å². The van der Waals surface area contributed by atoms with E-state index in [2.05, 4.69) is 22.5 Å². The van der Waals surface area contributed by atoms with Crippen molar-refractivity contribution >= 4 is 24.2 Å². The van der Waals surface area contributed by atoms with Crippen molar-refractivity contribution in [2.75, 3.05) is 13.6 Å². The molecular weight excluding hydrogens is 210 g/mol. The molecule has 0 bridgehead atoms. The molecular formula is C9H15N5O2. The minimum absolute atomic E-state index is 0.0817. The van der Waals surface area contributed by atoms with Crippen LogP contribution in [0.5, 0.6) is 0 Å². The number of hydrogen-bond donors (Lipinski definition) is 5. The van der Waals surface area contributed by atoms with E-state index >= 15 is 0 Å². The van der Waals surface area contributed by atoms with E-state index in [1.807, 2.05) is 0 Å². The molecule has 0 rings (SSSR count). The average molecular weight is 225 g/mol. The maximum Gasteiger partial charge on any atom is 0.244 e. The topological polar surface area (TPSA) is 118 Å². The van der Waals surface area contributed by atoms with Gasteiger partial charge in [-0.25, -0.2) is 0 Å². The SMILES string of the molecule is C=C(NCC(NC=O)C(=O)NC)C(=N)C=N. The van der Waals surface area contributed by atoms with Gasteiger partial charge in [-0.1, -0.05) is 6.58 Å². The smallest absolute Gasteiger partial charge is 0.244 e. The molecule has 16 heavy (non-hydrogen) atoms. The van der Waals surface area contributed by atoms with Crippen LogP contribution < -0.4 is 16.0 Å². The predicted molar refractivity (Wildman–Crippen MR) is 60.7 cm³/mol. The fraction of sp³-hybridized carbons (Fsp3) is 0.333. The van der Waals surface area contributed by atoms with Gasteiger partial charge in [0, 0.05) is 19.8 Å². The molecule has 1 atom stereocenters. The molecule has 0 saturated heterocycles. The maximum atomic E-state index is 11.3. The van der Waals surface area contributed by atoms with Gasteiger partial charge in [-0.3, -0.25) is 15.0 Å². The Hall–Kier alpha value is -2.18. The van der Waals surface area contributed by atoms with Gasteiger partial charge >= 0.3 is 0 Å². The van der Waals surface area contributed by atoms with Crippen LogP contribution in [0.25, 0.3) is 0 Å². The minimum Gasteiger partial charge on any atom is -0.381 e. The first-order valence-corrected chi connectivity index (χ1v) is 4.50. The van der Waals surface area contributed by atoms with E-state index in [1.165, 1.54) is 7.05 Å². The quantitative estimate of drug-likeness (QED) is 0.259. The van der Waals surface area contributed by atoms with E-state index in [4.69, 9.17) is 10.8 Å². The van der Waals surface area contributed by atoms with Crippen LogP contribution in [0.2, 0.25) is 0 Å². The second kappa shape index (κ2) is 7.16. The lowest BCUT2D eigenvalue weighted by atomic mass is 10.2. The van der Waals surface area contributed by atoms with Crippen LogP contribution in [0.15, 0.2) is 12.3 Å². The van der Waals surface area contributed by atoms with Crippen LogP contribution in [0, 0.1) is 10.8 Å². The highest BCUT2D eigenvalue weighted by atomic mass is 16.2. The summed E-state index contributed by atoms with van der Waals surface area (Å²) in [5.41, 5.74) is 0.137. The third kappa shape index (κ3) is 4.36. The summed E-state index contributed by atoms with van der Waals surface area (Å²) in [5.74, 6) is -0.353. The van der Waals surface area contributed by atoms with Crippen LogP contribution in [0.1, 0.15) is 0 Å². The fourth-order valence-corrected chi connectivity index (χ4v) is 0.891. The lowest BCUT2D eigenvalue weighted by molar-refractivity contribution is -0.124. The van der Waals surface area contributed by atoms with Gasteiger partial charge in [0.25, 0.3) is 0 Å². The number of carbonyl (C=O) groups excluding carboxylic acids is 2.